The van der Waals surface area contributed by atoms with Crippen molar-refractivity contribution in [1.29, 1.82) is 0 Å². The Hall–Kier alpha value is -1.95. The van der Waals surface area contributed by atoms with Gasteiger partial charge in [0.1, 0.15) is 5.76 Å². The first-order valence-corrected chi connectivity index (χ1v) is 10.1. The van der Waals surface area contributed by atoms with Crippen molar-refractivity contribution in [1.82, 2.24) is 19.4 Å². The van der Waals surface area contributed by atoms with Gasteiger partial charge >= 0.3 is 0 Å². The van der Waals surface area contributed by atoms with E-state index in [1.165, 1.54) is 12.8 Å². The highest BCUT2D eigenvalue weighted by Gasteiger charge is 2.28. The third-order valence-corrected chi connectivity index (χ3v) is 5.72. The van der Waals surface area contributed by atoms with E-state index in [0.29, 0.717) is 11.8 Å². The summed E-state index contributed by atoms with van der Waals surface area (Å²) in [6.45, 7) is 9.83. The molecule has 0 aromatic carbocycles. The fourth-order valence-corrected chi connectivity index (χ4v) is 3.72. The van der Waals surface area contributed by atoms with Crippen LogP contribution in [0.1, 0.15) is 69.7 Å². The summed E-state index contributed by atoms with van der Waals surface area (Å²) in [4.78, 5) is 23.8. The summed E-state index contributed by atoms with van der Waals surface area (Å²) < 4.78 is 7.65. The number of aromatic nitrogens is 3. The lowest BCUT2D eigenvalue weighted by atomic mass is 9.92. The Kier molecular flexibility index (Phi) is 4.93. The van der Waals surface area contributed by atoms with Crippen molar-refractivity contribution in [2.45, 2.75) is 70.9 Å². The van der Waals surface area contributed by atoms with Crippen molar-refractivity contribution < 1.29 is 4.42 Å². The van der Waals surface area contributed by atoms with Gasteiger partial charge in [0.05, 0.1) is 24.8 Å². The van der Waals surface area contributed by atoms with Crippen LogP contribution in [0.25, 0.3) is 0 Å². The smallest absolute Gasteiger partial charge is 0.253 e. The Morgan fingerprint density at radius 1 is 1.15 bits per heavy atom. The zero-order valence-corrected chi connectivity index (χ0v) is 16.6. The Balaban J connectivity index is 1.29. The zero-order chi connectivity index (χ0) is 19.0. The molecule has 3 heterocycles. The number of hydrogen-bond acceptors (Lipinski definition) is 5. The first kappa shape index (κ1) is 18.4. The zero-order valence-electron chi connectivity index (χ0n) is 16.6. The molecule has 0 N–H and O–H groups in total. The molecule has 0 unspecified atom stereocenters. The van der Waals surface area contributed by atoms with Crippen molar-refractivity contribution in [3.05, 3.63) is 46.3 Å². The third-order valence-electron chi connectivity index (χ3n) is 5.72. The van der Waals surface area contributed by atoms with E-state index >= 15 is 0 Å². The molecule has 1 saturated heterocycles. The average Bonchev–Trinajstić information content (AvgIpc) is 3.37. The van der Waals surface area contributed by atoms with Gasteiger partial charge in [0.2, 0.25) is 5.89 Å². The molecule has 2 aliphatic rings. The molecule has 0 amide bonds. The number of nitrogens with zero attached hydrogens (tertiary/aromatic N) is 4. The summed E-state index contributed by atoms with van der Waals surface area (Å²) in [6.07, 6.45) is 8.28. The lowest BCUT2D eigenvalue weighted by Gasteiger charge is -2.31. The number of hydrogen-bond donors (Lipinski definition) is 0. The van der Waals surface area contributed by atoms with Gasteiger partial charge in [-0.05, 0) is 44.7 Å². The summed E-state index contributed by atoms with van der Waals surface area (Å²) in [5, 5.41) is 0. The standard InChI is InChI=1S/C21H30N4O2/c1-21(2,3)18-10-20(26)25(14-23-18)12-15-6-8-24(9-7-15)13-19-22-11-17(27-19)16-4-5-16/h10-11,14-16H,4-9,12-13H2,1-3H3. The van der Waals surface area contributed by atoms with Crippen LogP contribution in [0.3, 0.4) is 0 Å². The molecule has 0 bridgehead atoms. The van der Waals surface area contributed by atoms with E-state index in [9.17, 15) is 4.79 Å². The average molecular weight is 370 g/mol. The summed E-state index contributed by atoms with van der Waals surface area (Å²) in [5.41, 5.74) is 0.822. The van der Waals surface area contributed by atoms with Crippen molar-refractivity contribution >= 4 is 0 Å². The van der Waals surface area contributed by atoms with E-state index in [1.807, 2.05) is 6.20 Å². The quantitative estimate of drug-likeness (QED) is 0.808. The second-order valence-electron chi connectivity index (χ2n) is 9.16. The molecule has 2 aromatic heterocycles. The minimum absolute atomic E-state index is 0.0599. The Morgan fingerprint density at radius 3 is 2.52 bits per heavy atom. The van der Waals surface area contributed by atoms with Crippen molar-refractivity contribution in [2.24, 2.45) is 5.92 Å². The van der Waals surface area contributed by atoms with Crippen LogP contribution in [0, 0.1) is 5.92 Å². The minimum atomic E-state index is -0.0944. The fourth-order valence-electron chi connectivity index (χ4n) is 3.72. The summed E-state index contributed by atoms with van der Waals surface area (Å²) in [5.74, 6) is 3.04. The fraction of sp³-hybridized carbons (Fsp3) is 0.667. The summed E-state index contributed by atoms with van der Waals surface area (Å²) in [7, 11) is 0. The van der Waals surface area contributed by atoms with Crippen LogP contribution >= 0.6 is 0 Å². The molecule has 2 aromatic rings. The van der Waals surface area contributed by atoms with Crippen LogP contribution in [0.2, 0.25) is 0 Å². The molecule has 2 fully saturated rings. The van der Waals surface area contributed by atoms with Gasteiger partial charge in [-0.2, -0.15) is 0 Å². The lowest BCUT2D eigenvalue weighted by molar-refractivity contribution is 0.153. The number of piperidine rings is 1. The minimum Gasteiger partial charge on any atom is -0.444 e. The van der Waals surface area contributed by atoms with E-state index in [-0.39, 0.29) is 11.0 Å². The van der Waals surface area contributed by atoms with Gasteiger partial charge in [-0.3, -0.25) is 14.3 Å². The third kappa shape index (κ3) is 4.49. The van der Waals surface area contributed by atoms with Crippen molar-refractivity contribution in [3.63, 3.8) is 0 Å². The van der Waals surface area contributed by atoms with Gasteiger partial charge in [-0.1, -0.05) is 20.8 Å². The van der Waals surface area contributed by atoms with Crippen LogP contribution in [-0.2, 0) is 18.5 Å². The van der Waals surface area contributed by atoms with Crippen LogP contribution in [0.4, 0.5) is 0 Å². The van der Waals surface area contributed by atoms with Crippen LogP contribution in [0.5, 0.6) is 0 Å². The molecule has 0 radical (unpaired) electrons. The highest BCUT2D eigenvalue weighted by molar-refractivity contribution is 5.10. The monoisotopic (exact) mass is 370 g/mol. The van der Waals surface area contributed by atoms with Crippen molar-refractivity contribution in [2.75, 3.05) is 13.1 Å². The molecular weight excluding hydrogens is 340 g/mol. The van der Waals surface area contributed by atoms with Crippen LogP contribution in [-0.4, -0.2) is 32.5 Å². The maximum absolute atomic E-state index is 12.4. The Labute approximate surface area is 160 Å². The molecule has 146 valence electrons. The molecule has 1 aliphatic carbocycles. The van der Waals surface area contributed by atoms with Gasteiger partial charge in [0.15, 0.2) is 0 Å². The molecule has 1 aliphatic heterocycles. The highest BCUT2D eigenvalue weighted by Crippen LogP contribution is 2.40. The molecule has 27 heavy (non-hydrogen) atoms. The maximum atomic E-state index is 12.4. The van der Waals surface area contributed by atoms with E-state index in [1.54, 1.807) is 17.0 Å². The molecule has 0 spiro atoms. The van der Waals surface area contributed by atoms with Crippen molar-refractivity contribution in [3.8, 4) is 0 Å². The first-order valence-electron chi connectivity index (χ1n) is 10.1. The molecule has 4 rings (SSSR count). The van der Waals surface area contributed by atoms with Gasteiger partial charge < -0.3 is 4.42 Å². The molecule has 6 heteroatoms. The predicted octanol–water partition coefficient (Wildman–Crippen LogP) is 3.32. The molecule has 1 saturated carbocycles. The van der Waals surface area contributed by atoms with E-state index < -0.39 is 0 Å². The second-order valence-corrected chi connectivity index (χ2v) is 9.16. The topological polar surface area (TPSA) is 64.2 Å². The predicted molar refractivity (Wildman–Crippen MR) is 104 cm³/mol. The number of oxazole rings is 1. The number of rotatable bonds is 5. The first-order chi connectivity index (χ1) is 12.9. The maximum Gasteiger partial charge on any atom is 0.253 e. The largest absolute Gasteiger partial charge is 0.444 e. The Bertz CT molecular complexity index is 836. The van der Waals surface area contributed by atoms with Gasteiger partial charge in [-0.25, -0.2) is 9.97 Å². The van der Waals surface area contributed by atoms with Crippen LogP contribution < -0.4 is 5.56 Å². The molecule has 0 atom stereocenters. The summed E-state index contributed by atoms with van der Waals surface area (Å²) >= 11 is 0. The van der Waals surface area contributed by atoms with Gasteiger partial charge in [0, 0.05) is 23.9 Å². The molecular formula is C21H30N4O2. The van der Waals surface area contributed by atoms with Gasteiger partial charge in [-0.15, -0.1) is 0 Å². The second kappa shape index (κ2) is 7.23. The molecule has 6 nitrogen and oxygen atoms in total. The van der Waals surface area contributed by atoms with E-state index in [4.69, 9.17) is 4.42 Å². The summed E-state index contributed by atoms with van der Waals surface area (Å²) in [6, 6.07) is 1.69. The lowest BCUT2D eigenvalue weighted by Crippen LogP contribution is -2.36. The number of likely N-dealkylation sites (tertiary alicyclic amines) is 1. The van der Waals surface area contributed by atoms with Crippen LogP contribution in [0.15, 0.2) is 27.8 Å². The highest BCUT2D eigenvalue weighted by atomic mass is 16.4. The Morgan fingerprint density at radius 2 is 1.89 bits per heavy atom. The SMILES string of the molecule is CC(C)(C)c1cc(=O)n(CC2CCN(Cc3ncc(C4CC4)o3)CC2)cn1. The van der Waals surface area contributed by atoms with E-state index in [0.717, 1.165) is 56.4 Å². The van der Waals surface area contributed by atoms with E-state index in [2.05, 4.69) is 35.6 Å². The normalized spacial score (nSPS) is 19.5. The van der Waals surface area contributed by atoms with Gasteiger partial charge in [0.25, 0.3) is 5.56 Å².